The number of hydrogen-bond acceptors (Lipinski definition) is 1. The lowest BCUT2D eigenvalue weighted by Gasteiger charge is -2.34. The summed E-state index contributed by atoms with van der Waals surface area (Å²) >= 11 is 15.6. The molecule has 1 nitrogen and oxygen atoms in total. The smallest absolute Gasteiger partial charge is 0.0595 e. The predicted molar refractivity (Wildman–Crippen MR) is 78.3 cm³/mol. The van der Waals surface area contributed by atoms with Gasteiger partial charge in [0.25, 0.3) is 0 Å². The molecule has 1 saturated heterocycles. The molecule has 1 aliphatic rings. The van der Waals surface area contributed by atoms with Crippen molar-refractivity contribution < 1.29 is 0 Å². The maximum absolute atomic E-state index is 6.04. The molecule has 1 aromatic carbocycles. The van der Waals surface area contributed by atoms with Crippen LogP contribution < -0.4 is 0 Å². The van der Waals surface area contributed by atoms with E-state index in [1.54, 1.807) is 0 Å². The van der Waals surface area contributed by atoms with Crippen LogP contribution in [-0.4, -0.2) is 22.8 Å². The van der Waals surface area contributed by atoms with Crippen LogP contribution in [0.2, 0.25) is 10.0 Å². The molecule has 94 valence electrons. The van der Waals surface area contributed by atoms with Crippen molar-refractivity contribution in [2.45, 2.75) is 31.8 Å². The van der Waals surface area contributed by atoms with Gasteiger partial charge in [-0.05, 0) is 37.1 Å². The summed E-state index contributed by atoms with van der Waals surface area (Å²) in [6.07, 6.45) is 3.92. The third kappa shape index (κ3) is 3.60. The molecule has 4 heteroatoms. The monoisotopic (exact) mass is 335 g/mol. The lowest BCUT2D eigenvalue weighted by molar-refractivity contribution is 0.156. The van der Waals surface area contributed by atoms with Crippen molar-refractivity contribution in [2.24, 2.45) is 0 Å². The Morgan fingerprint density at radius 1 is 1.24 bits per heavy atom. The van der Waals surface area contributed by atoms with Gasteiger partial charge in [-0.2, -0.15) is 0 Å². The second-order valence-corrected chi connectivity index (χ2v) is 5.98. The molecule has 1 aromatic rings. The van der Waals surface area contributed by atoms with Crippen LogP contribution in [-0.2, 0) is 6.54 Å². The highest BCUT2D eigenvalue weighted by atomic mass is 79.9. The molecule has 0 aliphatic carbocycles. The first-order valence-electron chi connectivity index (χ1n) is 5.94. The molecule has 1 heterocycles. The van der Waals surface area contributed by atoms with E-state index in [4.69, 9.17) is 23.2 Å². The molecule has 0 amide bonds. The van der Waals surface area contributed by atoms with E-state index in [2.05, 4.69) is 26.9 Å². The molecule has 0 radical (unpaired) electrons. The molecule has 0 spiro atoms. The van der Waals surface area contributed by atoms with Crippen molar-refractivity contribution >= 4 is 39.1 Å². The molecular weight excluding hydrogens is 321 g/mol. The minimum atomic E-state index is 0.631. The van der Waals surface area contributed by atoms with Crippen LogP contribution in [0.1, 0.15) is 24.8 Å². The standard InChI is InChI=1S/C13H16BrCl2N/c14-8-11-3-1-2-6-17(11)9-10-4-5-12(15)13(16)7-10/h4-5,7,11H,1-3,6,8-9H2. The van der Waals surface area contributed by atoms with Crippen LogP contribution in [0.15, 0.2) is 18.2 Å². The van der Waals surface area contributed by atoms with Gasteiger partial charge >= 0.3 is 0 Å². The number of likely N-dealkylation sites (tertiary alicyclic amines) is 1. The summed E-state index contributed by atoms with van der Waals surface area (Å²) in [5.41, 5.74) is 1.24. The molecular formula is C13H16BrCl2N. The summed E-state index contributed by atoms with van der Waals surface area (Å²) in [4.78, 5) is 2.53. The van der Waals surface area contributed by atoms with Gasteiger partial charge in [0.05, 0.1) is 10.0 Å². The average Bonchev–Trinajstić information content (AvgIpc) is 2.34. The fraction of sp³-hybridized carbons (Fsp3) is 0.538. The first kappa shape index (κ1) is 13.7. The average molecular weight is 337 g/mol. The first-order chi connectivity index (χ1) is 8.20. The summed E-state index contributed by atoms with van der Waals surface area (Å²) in [6, 6.07) is 6.57. The van der Waals surface area contributed by atoms with Crippen LogP contribution >= 0.6 is 39.1 Å². The number of piperidine rings is 1. The fourth-order valence-corrected chi connectivity index (χ4v) is 3.37. The maximum Gasteiger partial charge on any atom is 0.0595 e. The molecule has 0 saturated carbocycles. The Labute approximate surface area is 121 Å². The molecule has 17 heavy (non-hydrogen) atoms. The first-order valence-corrected chi connectivity index (χ1v) is 7.82. The zero-order chi connectivity index (χ0) is 12.3. The SMILES string of the molecule is Clc1ccc(CN2CCCCC2CBr)cc1Cl. The summed E-state index contributed by atoms with van der Waals surface area (Å²) in [5, 5.41) is 2.33. The Kier molecular flexibility index (Phi) is 5.16. The number of hydrogen-bond donors (Lipinski definition) is 0. The Morgan fingerprint density at radius 2 is 2.06 bits per heavy atom. The van der Waals surface area contributed by atoms with E-state index in [1.807, 2.05) is 12.1 Å². The van der Waals surface area contributed by atoms with Gasteiger partial charge in [-0.1, -0.05) is 51.6 Å². The minimum Gasteiger partial charge on any atom is -0.295 e. The van der Waals surface area contributed by atoms with Gasteiger partial charge in [-0.3, -0.25) is 4.90 Å². The highest BCUT2D eigenvalue weighted by molar-refractivity contribution is 9.09. The van der Waals surface area contributed by atoms with Crippen molar-refractivity contribution in [1.82, 2.24) is 4.90 Å². The number of nitrogens with zero attached hydrogens (tertiary/aromatic N) is 1. The number of alkyl halides is 1. The molecule has 1 aliphatic heterocycles. The van der Waals surface area contributed by atoms with Gasteiger partial charge in [0, 0.05) is 17.9 Å². The summed E-state index contributed by atoms with van der Waals surface area (Å²) < 4.78 is 0. The van der Waals surface area contributed by atoms with Crippen molar-refractivity contribution in [3.05, 3.63) is 33.8 Å². The highest BCUT2D eigenvalue weighted by Crippen LogP contribution is 2.25. The van der Waals surface area contributed by atoms with E-state index >= 15 is 0 Å². The number of rotatable bonds is 3. The van der Waals surface area contributed by atoms with Crippen LogP contribution in [0.3, 0.4) is 0 Å². The number of halogens is 3. The molecule has 0 N–H and O–H groups in total. The molecule has 0 bridgehead atoms. The third-order valence-electron chi connectivity index (χ3n) is 3.30. The quantitative estimate of drug-likeness (QED) is 0.720. The topological polar surface area (TPSA) is 3.24 Å². The van der Waals surface area contributed by atoms with E-state index < -0.39 is 0 Å². The van der Waals surface area contributed by atoms with E-state index in [9.17, 15) is 0 Å². The van der Waals surface area contributed by atoms with Crippen LogP contribution in [0.5, 0.6) is 0 Å². The third-order valence-corrected chi connectivity index (χ3v) is 4.78. The Hall–Kier alpha value is 0.240. The predicted octanol–water partition coefficient (Wildman–Crippen LogP) is 4.74. The van der Waals surface area contributed by atoms with E-state index in [0.717, 1.165) is 11.9 Å². The van der Waals surface area contributed by atoms with Crippen molar-refractivity contribution in [3.63, 3.8) is 0 Å². The molecule has 1 fully saturated rings. The summed E-state index contributed by atoms with van der Waals surface area (Å²) in [6.45, 7) is 2.14. The fourth-order valence-electron chi connectivity index (χ4n) is 2.32. The number of benzene rings is 1. The van der Waals surface area contributed by atoms with Gasteiger partial charge in [-0.25, -0.2) is 0 Å². The Balaban J connectivity index is 2.05. The second-order valence-electron chi connectivity index (χ2n) is 4.52. The largest absolute Gasteiger partial charge is 0.295 e. The van der Waals surface area contributed by atoms with Gasteiger partial charge in [-0.15, -0.1) is 0 Å². The van der Waals surface area contributed by atoms with E-state index in [1.165, 1.54) is 31.4 Å². The molecule has 1 unspecified atom stereocenters. The summed E-state index contributed by atoms with van der Waals surface area (Å²) in [7, 11) is 0. The highest BCUT2D eigenvalue weighted by Gasteiger charge is 2.21. The van der Waals surface area contributed by atoms with Crippen molar-refractivity contribution in [2.75, 3.05) is 11.9 Å². The second kappa shape index (κ2) is 6.42. The lowest BCUT2D eigenvalue weighted by Crippen LogP contribution is -2.39. The Morgan fingerprint density at radius 3 is 2.76 bits per heavy atom. The molecule has 2 rings (SSSR count). The van der Waals surface area contributed by atoms with E-state index in [-0.39, 0.29) is 0 Å². The van der Waals surface area contributed by atoms with E-state index in [0.29, 0.717) is 16.1 Å². The normalized spacial score (nSPS) is 21.7. The van der Waals surface area contributed by atoms with Crippen LogP contribution in [0.4, 0.5) is 0 Å². The van der Waals surface area contributed by atoms with Crippen LogP contribution in [0, 0.1) is 0 Å². The maximum atomic E-state index is 6.04. The zero-order valence-electron chi connectivity index (χ0n) is 9.63. The lowest BCUT2D eigenvalue weighted by atomic mass is 10.0. The molecule has 0 aromatic heterocycles. The zero-order valence-corrected chi connectivity index (χ0v) is 12.7. The Bertz CT molecular complexity index is 384. The van der Waals surface area contributed by atoms with Crippen molar-refractivity contribution in [3.8, 4) is 0 Å². The van der Waals surface area contributed by atoms with Crippen molar-refractivity contribution in [1.29, 1.82) is 0 Å². The van der Waals surface area contributed by atoms with Gasteiger partial charge in [0.15, 0.2) is 0 Å². The minimum absolute atomic E-state index is 0.631. The summed E-state index contributed by atoms with van der Waals surface area (Å²) in [5.74, 6) is 0. The van der Waals surface area contributed by atoms with Gasteiger partial charge in [0.2, 0.25) is 0 Å². The van der Waals surface area contributed by atoms with Crippen LogP contribution in [0.25, 0.3) is 0 Å². The van der Waals surface area contributed by atoms with Gasteiger partial charge in [0.1, 0.15) is 0 Å². The van der Waals surface area contributed by atoms with Gasteiger partial charge < -0.3 is 0 Å². The molecule has 1 atom stereocenters.